The van der Waals surface area contributed by atoms with Gasteiger partial charge in [-0.05, 0) is 88.6 Å². The SMILES string of the molecule is Cc1cc(C)c2c(c1)C(=O)C1(CC2)CCN(CC2CC2)CC1. The maximum atomic E-state index is 13.2. The van der Waals surface area contributed by atoms with Crippen LogP contribution >= 0.6 is 0 Å². The number of likely N-dealkylation sites (tertiary alicyclic amines) is 1. The maximum absolute atomic E-state index is 13.2. The molecule has 2 heteroatoms. The van der Waals surface area contributed by atoms with E-state index in [0.717, 1.165) is 50.3 Å². The Labute approximate surface area is 133 Å². The van der Waals surface area contributed by atoms with Crippen molar-refractivity contribution in [2.45, 2.75) is 52.4 Å². The quantitative estimate of drug-likeness (QED) is 0.824. The van der Waals surface area contributed by atoms with Crippen molar-refractivity contribution in [1.82, 2.24) is 4.90 Å². The van der Waals surface area contributed by atoms with Crippen LogP contribution in [0.25, 0.3) is 0 Å². The number of hydrogen-bond donors (Lipinski definition) is 0. The summed E-state index contributed by atoms with van der Waals surface area (Å²) in [5.74, 6) is 1.41. The zero-order valence-electron chi connectivity index (χ0n) is 14.0. The first kappa shape index (κ1) is 14.4. The highest BCUT2D eigenvalue weighted by Crippen LogP contribution is 2.45. The highest BCUT2D eigenvalue weighted by molar-refractivity contribution is 6.03. The third-order valence-corrected chi connectivity index (χ3v) is 6.22. The van der Waals surface area contributed by atoms with Gasteiger partial charge in [0.15, 0.2) is 5.78 Å². The fraction of sp³-hybridized carbons (Fsp3) is 0.650. The third-order valence-electron chi connectivity index (χ3n) is 6.22. The Morgan fingerprint density at radius 2 is 1.86 bits per heavy atom. The van der Waals surface area contributed by atoms with Gasteiger partial charge in [0.25, 0.3) is 0 Å². The molecular formula is C20H27NO. The minimum atomic E-state index is -0.0483. The zero-order valence-corrected chi connectivity index (χ0v) is 14.0. The van der Waals surface area contributed by atoms with Crippen molar-refractivity contribution >= 4 is 5.78 Å². The molecule has 2 aliphatic carbocycles. The number of aryl methyl sites for hydroxylation is 2. The van der Waals surface area contributed by atoms with E-state index in [-0.39, 0.29) is 5.41 Å². The van der Waals surface area contributed by atoms with Crippen LogP contribution in [0.2, 0.25) is 0 Å². The Balaban J connectivity index is 1.55. The molecule has 0 bridgehead atoms. The van der Waals surface area contributed by atoms with Crippen LogP contribution in [0.3, 0.4) is 0 Å². The minimum Gasteiger partial charge on any atom is -0.303 e. The lowest BCUT2D eigenvalue weighted by atomic mass is 9.64. The van der Waals surface area contributed by atoms with Crippen molar-refractivity contribution in [3.05, 3.63) is 34.4 Å². The summed E-state index contributed by atoms with van der Waals surface area (Å²) < 4.78 is 0. The molecule has 2 nitrogen and oxygen atoms in total. The molecular weight excluding hydrogens is 270 g/mol. The standard InChI is InChI=1S/C20H27NO/c1-14-11-15(2)17-5-6-20(19(22)18(17)12-14)7-9-21(10-8-20)13-16-3-4-16/h11-12,16H,3-10,13H2,1-2H3. The molecule has 0 N–H and O–H groups in total. The molecule has 1 saturated heterocycles. The van der Waals surface area contributed by atoms with E-state index < -0.39 is 0 Å². The van der Waals surface area contributed by atoms with E-state index in [1.54, 1.807) is 0 Å². The van der Waals surface area contributed by atoms with Gasteiger partial charge < -0.3 is 4.90 Å². The number of Topliss-reactive ketones (excluding diaryl/α,β-unsaturated/α-hetero) is 1. The van der Waals surface area contributed by atoms with Gasteiger partial charge in [0.2, 0.25) is 0 Å². The summed E-state index contributed by atoms with van der Waals surface area (Å²) in [5.41, 5.74) is 4.85. The summed E-state index contributed by atoms with van der Waals surface area (Å²) in [6, 6.07) is 4.37. The van der Waals surface area contributed by atoms with Crippen LogP contribution < -0.4 is 0 Å². The van der Waals surface area contributed by atoms with Crippen molar-refractivity contribution in [2.75, 3.05) is 19.6 Å². The van der Waals surface area contributed by atoms with Gasteiger partial charge in [0.1, 0.15) is 0 Å². The largest absolute Gasteiger partial charge is 0.303 e. The molecule has 0 radical (unpaired) electrons. The molecule has 0 atom stereocenters. The predicted molar refractivity (Wildman–Crippen MR) is 89.4 cm³/mol. The number of nitrogens with zero attached hydrogens (tertiary/aromatic N) is 1. The van der Waals surface area contributed by atoms with E-state index in [0.29, 0.717) is 5.78 Å². The lowest BCUT2D eigenvalue weighted by Gasteiger charge is -2.43. The molecule has 0 aromatic heterocycles. The number of benzene rings is 1. The number of carbonyl (C=O) groups is 1. The van der Waals surface area contributed by atoms with Gasteiger partial charge in [0.05, 0.1) is 0 Å². The molecule has 3 aliphatic rings. The van der Waals surface area contributed by atoms with E-state index in [2.05, 4.69) is 30.9 Å². The highest BCUT2D eigenvalue weighted by Gasteiger charge is 2.45. The van der Waals surface area contributed by atoms with Crippen molar-refractivity contribution < 1.29 is 4.79 Å². The molecule has 1 heterocycles. The van der Waals surface area contributed by atoms with Crippen molar-refractivity contribution in [1.29, 1.82) is 0 Å². The number of rotatable bonds is 2. The summed E-state index contributed by atoms with van der Waals surface area (Å²) in [7, 11) is 0. The maximum Gasteiger partial charge on any atom is 0.169 e. The summed E-state index contributed by atoms with van der Waals surface area (Å²) in [4.78, 5) is 15.8. The van der Waals surface area contributed by atoms with Crippen LogP contribution in [0.1, 0.15) is 59.2 Å². The molecule has 1 aromatic rings. The van der Waals surface area contributed by atoms with Gasteiger partial charge in [-0.2, -0.15) is 0 Å². The van der Waals surface area contributed by atoms with Crippen LogP contribution in [0.15, 0.2) is 12.1 Å². The fourth-order valence-electron chi connectivity index (χ4n) is 4.60. The second-order valence-corrected chi connectivity index (χ2v) is 7.96. The molecule has 1 aromatic carbocycles. The number of fused-ring (bicyclic) bond motifs is 1. The van der Waals surface area contributed by atoms with Crippen molar-refractivity contribution in [2.24, 2.45) is 11.3 Å². The predicted octanol–water partition coefficient (Wildman–Crippen LogP) is 3.92. The molecule has 1 aliphatic heterocycles. The topological polar surface area (TPSA) is 20.3 Å². The van der Waals surface area contributed by atoms with Crippen LogP contribution in [-0.4, -0.2) is 30.3 Å². The van der Waals surface area contributed by atoms with E-state index in [1.165, 1.54) is 36.1 Å². The van der Waals surface area contributed by atoms with E-state index in [4.69, 9.17) is 0 Å². The smallest absolute Gasteiger partial charge is 0.169 e. The van der Waals surface area contributed by atoms with Gasteiger partial charge in [-0.25, -0.2) is 0 Å². The number of ketones is 1. The number of piperidine rings is 1. The van der Waals surface area contributed by atoms with E-state index in [9.17, 15) is 4.79 Å². The summed E-state index contributed by atoms with van der Waals surface area (Å²) in [5, 5.41) is 0. The first-order valence-electron chi connectivity index (χ1n) is 8.95. The number of carbonyl (C=O) groups excluding carboxylic acids is 1. The average Bonchev–Trinajstić information content (AvgIpc) is 3.30. The minimum absolute atomic E-state index is 0.0483. The van der Waals surface area contributed by atoms with Gasteiger partial charge in [-0.15, -0.1) is 0 Å². The summed E-state index contributed by atoms with van der Waals surface area (Å²) in [6.07, 6.45) is 7.16. The molecule has 2 fully saturated rings. The highest BCUT2D eigenvalue weighted by atomic mass is 16.1. The van der Waals surface area contributed by atoms with Gasteiger partial charge in [0, 0.05) is 17.5 Å². The summed E-state index contributed by atoms with van der Waals surface area (Å²) in [6.45, 7) is 7.80. The molecule has 4 rings (SSSR count). The third kappa shape index (κ3) is 2.42. The van der Waals surface area contributed by atoms with Crippen molar-refractivity contribution in [3.8, 4) is 0 Å². The molecule has 1 spiro atoms. The Morgan fingerprint density at radius 3 is 2.55 bits per heavy atom. The molecule has 118 valence electrons. The lowest BCUT2D eigenvalue weighted by Crippen LogP contribution is -2.47. The van der Waals surface area contributed by atoms with Crippen LogP contribution in [0, 0.1) is 25.2 Å². The van der Waals surface area contributed by atoms with E-state index >= 15 is 0 Å². The van der Waals surface area contributed by atoms with Gasteiger partial charge >= 0.3 is 0 Å². The molecule has 0 unspecified atom stereocenters. The average molecular weight is 297 g/mol. The number of hydrogen-bond acceptors (Lipinski definition) is 2. The summed E-state index contributed by atoms with van der Waals surface area (Å²) >= 11 is 0. The first-order chi connectivity index (χ1) is 10.6. The van der Waals surface area contributed by atoms with Gasteiger partial charge in [-0.1, -0.05) is 11.6 Å². The van der Waals surface area contributed by atoms with Crippen LogP contribution in [-0.2, 0) is 6.42 Å². The molecule has 22 heavy (non-hydrogen) atoms. The molecule has 0 amide bonds. The molecule has 1 saturated carbocycles. The zero-order chi connectivity index (χ0) is 15.3. The second kappa shape index (κ2) is 5.19. The second-order valence-electron chi connectivity index (χ2n) is 7.96. The van der Waals surface area contributed by atoms with Gasteiger partial charge in [-0.3, -0.25) is 4.79 Å². The Bertz CT molecular complexity index is 606. The van der Waals surface area contributed by atoms with E-state index in [1.807, 2.05) is 0 Å². The van der Waals surface area contributed by atoms with Crippen LogP contribution in [0.5, 0.6) is 0 Å². The normalized spacial score (nSPS) is 24.5. The van der Waals surface area contributed by atoms with Crippen molar-refractivity contribution in [3.63, 3.8) is 0 Å². The lowest BCUT2D eigenvalue weighted by molar-refractivity contribution is 0.0534. The Hall–Kier alpha value is -1.15. The monoisotopic (exact) mass is 297 g/mol. The first-order valence-corrected chi connectivity index (χ1v) is 8.95. The van der Waals surface area contributed by atoms with Crippen LogP contribution in [0.4, 0.5) is 0 Å². The Morgan fingerprint density at radius 1 is 1.14 bits per heavy atom. The fourth-order valence-corrected chi connectivity index (χ4v) is 4.60. The Kier molecular flexibility index (Phi) is 3.41.